The highest BCUT2D eigenvalue weighted by Crippen LogP contribution is 2.18. The topological polar surface area (TPSA) is 41.7 Å². The first kappa shape index (κ1) is 14.8. The molecule has 1 aromatic carbocycles. The molecule has 1 atom stereocenters. The predicted molar refractivity (Wildman–Crippen MR) is 86.4 cm³/mol. The fourth-order valence-corrected chi connectivity index (χ4v) is 3.51. The normalized spacial score (nSPS) is 24.5. The van der Waals surface area contributed by atoms with Gasteiger partial charge in [-0.3, -0.25) is 4.90 Å². The molecule has 4 heteroatoms. The van der Waals surface area contributed by atoms with E-state index in [9.17, 15) is 0 Å². The van der Waals surface area contributed by atoms with Gasteiger partial charge in [0.15, 0.2) is 0 Å². The minimum atomic E-state index is 0.746. The molecule has 0 saturated carbocycles. The van der Waals surface area contributed by atoms with Crippen molar-refractivity contribution in [1.29, 1.82) is 0 Å². The van der Waals surface area contributed by atoms with E-state index in [1.807, 2.05) is 12.1 Å². The van der Waals surface area contributed by atoms with Gasteiger partial charge in [-0.15, -0.1) is 0 Å². The Kier molecular flexibility index (Phi) is 5.12. The van der Waals surface area contributed by atoms with Crippen LogP contribution in [0.5, 0.6) is 0 Å². The first-order valence-corrected chi connectivity index (χ1v) is 8.20. The van der Waals surface area contributed by atoms with Gasteiger partial charge in [0.1, 0.15) is 0 Å². The Morgan fingerprint density at radius 3 is 2.76 bits per heavy atom. The van der Waals surface area contributed by atoms with Crippen LogP contribution in [0.3, 0.4) is 0 Å². The Balaban J connectivity index is 1.40. The standard InChI is InChI=1S/C17H27N3O/c18-17-6-2-1-4-15(17)5-3-8-19-9-7-16(14-19)20-10-12-21-13-11-20/h1-2,4,6,16H,3,5,7-14,18H2. The minimum Gasteiger partial charge on any atom is -0.399 e. The quantitative estimate of drug-likeness (QED) is 0.836. The van der Waals surface area contributed by atoms with Crippen molar-refractivity contribution in [3.63, 3.8) is 0 Å². The highest BCUT2D eigenvalue weighted by atomic mass is 16.5. The van der Waals surface area contributed by atoms with Crippen molar-refractivity contribution in [1.82, 2.24) is 9.80 Å². The molecule has 0 spiro atoms. The van der Waals surface area contributed by atoms with Crippen molar-refractivity contribution in [2.24, 2.45) is 0 Å². The van der Waals surface area contributed by atoms with Crippen molar-refractivity contribution >= 4 is 5.69 Å². The van der Waals surface area contributed by atoms with Crippen LogP contribution in [0.15, 0.2) is 24.3 Å². The van der Waals surface area contributed by atoms with Crippen molar-refractivity contribution in [3.8, 4) is 0 Å². The van der Waals surface area contributed by atoms with E-state index in [-0.39, 0.29) is 0 Å². The molecule has 2 saturated heterocycles. The van der Waals surface area contributed by atoms with E-state index in [0.717, 1.165) is 44.5 Å². The number of hydrogen-bond acceptors (Lipinski definition) is 4. The number of nitrogens with two attached hydrogens (primary N) is 1. The summed E-state index contributed by atoms with van der Waals surface area (Å²) in [6.07, 6.45) is 3.60. The van der Waals surface area contributed by atoms with Crippen molar-refractivity contribution in [3.05, 3.63) is 29.8 Å². The molecule has 1 aromatic rings. The molecule has 2 aliphatic rings. The predicted octanol–water partition coefficient (Wildman–Crippen LogP) is 1.61. The van der Waals surface area contributed by atoms with E-state index in [0.29, 0.717) is 0 Å². The van der Waals surface area contributed by atoms with Gasteiger partial charge in [-0.05, 0) is 44.0 Å². The molecule has 0 aliphatic carbocycles. The van der Waals surface area contributed by atoms with Crippen LogP contribution < -0.4 is 5.73 Å². The molecule has 2 fully saturated rings. The van der Waals surface area contributed by atoms with Gasteiger partial charge >= 0.3 is 0 Å². The molecular weight excluding hydrogens is 262 g/mol. The molecular formula is C17H27N3O. The van der Waals surface area contributed by atoms with Crippen LogP contribution in [0.1, 0.15) is 18.4 Å². The number of morpholine rings is 1. The van der Waals surface area contributed by atoms with Gasteiger partial charge in [0.2, 0.25) is 0 Å². The lowest BCUT2D eigenvalue weighted by Gasteiger charge is -2.32. The maximum Gasteiger partial charge on any atom is 0.0594 e. The van der Waals surface area contributed by atoms with Crippen LogP contribution in [-0.4, -0.2) is 61.8 Å². The molecule has 2 N–H and O–H groups in total. The van der Waals surface area contributed by atoms with Crippen molar-refractivity contribution in [2.75, 3.05) is 51.7 Å². The van der Waals surface area contributed by atoms with E-state index in [4.69, 9.17) is 10.5 Å². The number of anilines is 1. The van der Waals surface area contributed by atoms with Crippen molar-refractivity contribution < 1.29 is 4.74 Å². The Bertz CT molecular complexity index is 445. The number of benzene rings is 1. The summed E-state index contributed by atoms with van der Waals surface area (Å²) in [6, 6.07) is 8.98. The fourth-order valence-electron chi connectivity index (χ4n) is 3.51. The zero-order valence-corrected chi connectivity index (χ0v) is 12.8. The largest absolute Gasteiger partial charge is 0.399 e. The highest BCUT2D eigenvalue weighted by molar-refractivity contribution is 5.46. The van der Waals surface area contributed by atoms with Gasteiger partial charge in [0, 0.05) is 31.4 Å². The number of nitrogens with zero attached hydrogens (tertiary/aromatic N) is 2. The van der Waals surface area contributed by atoms with Crippen LogP contribution in [0.4, 0.5) is 5.69 Å². The summed E-state index contributed by atoms with van der Waals surface area (Å²) in [4.78, 5) is 5.22. The van der Waals surface area contributed by atoms with Crippen LogP contribution >= 0.6 is 0 Å². The van der Waals surface area contributed by atoms with Gasteiger partial charge < -0.3 is 15.4 Å². The maximum absolute atomic E-state index is 6.00. The van der Waals surface area contributed by atoms with Gasteiger partial charge in [-0.25, -0.2) is 0 Å². The zero-order chi connectivity index (χ0) is 14.5. The molecule has 0 radical (unpaired) electrons. The molecule has 116 valence electrons. The summed E-state index contributed by atoms with van der Waals surface area (Å²) in [5, 5.41) is 0. The molecule has 2 aliphatic heterocycles. The number of aryl methyl sites for hydroxylation is 1. The van der Waals surface area contributed by atoms with E-state index < -0.39 is 0 Å². The highest BCUT2D eigenvalue weighted by Gasteiger charge is 2.28. The second-order valence-electron chi connectivity index (χ2n) is 6.19. The monoisotopic (exact) mass is 289 g/mol. The van der Waals surface area contributed by atoms with Gasteiger partial charge in [0.25, 0.3) is 0 Å². The fraction of sp³-hybridized carbons (Fsp3) is 0.647. The first-order chi connectivity index (χ1) is 10.3. The summed E-state index contributed by atoms with van der Waals surface area (Å²) in [6.45, 7) is 7.69. The second-order valence-corrected chi connectivity index (χ2v) is 6.19. The molecule has 2 heterocycles. The number of rotatable bonds is 5. The van der Waals surface area contributed by atoms with Crippen LogP contribution in [0.25, 0.3) is 0 Å². The van der Waals surface area contributed by atoms with Crippen LogP contribution in [0.2, 0.25) is 0 Å². The van der Waals surface area contributed by atoms with E-state index in [1.165, 1.54) is 38.0 Å². The number of ether oxygens (including phenoxy) is 1. The minimum absolute atomic E-state index is 0.746. The Morgan fingerprint density at radius 2 is 1.95 bits per heavy atom. The molecule has 0 amide bonds. The average Bonchev–Trinajstić information content (AvgIpc) is 2.99. The summed E-state index contributed by atoms with van der Waals surface area (Å²) >= 11 is 0. The first-order valence-electron chi connectivity index (χ1n) is 8.20. The number of para-hydroxylation sites is 1. The number of likely N-dealkylation sites (tertiary alicyclic amines) is 1. The molecule has 3 rings (SSSR count). The lowest BCUT2D eigenvalue weighted by atomic mass is 10.1. The maximum atomic E-state index is 6.00. The molecule has 1 unspecified atom stereocenters. The SMILES string of the molecule is Nc1ccccc1CCCN1CCC(N2CCOCC2)C1. The van der Waals surface area contributed by atoms with Gasteiger partial charge in [-0.2, -0.15) is 0 Å². The van der Waals surface area contributed by atoms with Crippen LogP contribution in [0, 0.1) is 0 Å². The average molecular weight is 289 g/mol. The second kappa shape index (κ2) is 7.25. The summed E-state index contributed by atoms with van der Waals surface area (Å²) < 4.78 is 5.44. The molecule has 0 bridgehead atoms. The molecule has 21 heavy (non-hydrogen) atoms. The van der Waals surface area contributed by atoms with E-state index >= 15 is 0 Å². The Morgan fingerprint density at radius 1 is 1.14 bits per heavy atom. The summed E-state index contributed by atoms with van der Waals surface area (Å²) in [7, 11) is 0. The molecule has 4 nitrogen and oxygen atoms in total. The Hall–Kier alpha value is -1.10. The Labute approximate surface area is 127 Å². The number of nitrogen functional groups attached to an aromatic ring is 1. The lowest BCUT2D eigenvalue weighted by molar-refractivity contribution is 0.0185. The third kappa shape index (κ3) is 3.96. The van der Waals surface area contributed by atoms with Crippen molar-refractivity contribution in [2.45, 2.75) is 25.3 Å². The third-order valence-corrected chi connectivity index (χ3v) is 4.79. The van der Waals surface area contributed by atoms with E-state index in [1.54, 1.807) is 0 Å². The van der Waals surface area contributed by atoms with Crippen LogP contribution in [-0.2, 0) is 11.2 Å². The smallest absolute Gasteiger partial charge is 0.0594 e. The summed E-state index contributed by atoms with van der Waals surface area (Å²) in [5.74, 6) is 0. The number of hydrogen-bond donors (Lipinski definition) is 1. The van der Waals surface area contributed by atoms with Gasteiger partial charge in [-0.1, -0.05) is 18.2 Å². The summed E-state index contributed by atoms with van der Waals surface area (Å²) in [5.41, 5.74) is 8.23. The third-order valence-electron chi connectivity index (χ3n) is 4.79. The van der Waals surface area contributed by atoms with E-state index in [2.05, 4.69) is 21.9 Å². The van der Waals surface area contributed by atoms with Gasteiger partial charge in [0.05, 0.1) is 13.2 Å². The molecule has 0 aromatic heterocycles. The zero-order valence-electron chi connectivity index (χ0n) is 12.8. The lowest BCUT2D eigenvalue weighted by Crippen LogP contribution is -2.44.